The third kappa shape index (κ3) is 5.30. The van der Waals surface area contributed by atoms with Gasteiger partial charge in [0.05, 0.1) is 5.84 Å². The van der Waals surface area contributed by atoms with Crippen molar-refractivity contribution >= 4 is 22.6 Å². The van der Waals surface area contributed by atoms with E-state index in [1.165, 1.54) is 0 Å². The van der Waals surface area contributed by atoms with E-state index in [4.69, 9.17) is 21.6 Å². The molecule has 0 saturated carbocycles. The number of unbranched alkanes of at least 4 members (excludes halogenated alkanes) is 1. The van der Waals surface area contributed by atoms with Gasteiger partial charge in [0.2, 0.25) is 0 Å². The minimum absolute atomic E-state index is 0.133. The molecule has 7 heteroatoms. The van der Waals surface area contributed by atoms with E-state index in [1.807, 2.05) is 24.3 Å². The lowest BCUT2D eigenvalue weighted by molar-refractivity contribution is -0.136. The highest BCUT2D eigenvalue weighted by Crippen LogP contribution is 2.23. The average molecular weight is 392 g/mol. The molecular formula is C22H24N4O3. The van der Waals surface area contributed by atoms with Crippen LogP contribution in [0.4, 0.5) is 0 Å². The van der Waals surface area contributed by atoms with E-state index in [1.54, 1.807) is 30.3 Å². The number of amidine groups is 1. The number of benzene rings is 2. The van der Waals surface area contributed by atoms with Gasteiger partial charge in [-0.25, -0.2) is 4.79 Å². The summed E-state index contributed by atoms with van der Waals surface area (Å²) in [5, 5.41) is 8.68. The Bertz CT molecular complexity index is 1070. The summed E-state index contributed by atoms with van der Waals surface area (Å²) < 4.78 is 5.34. The van der Waals surface area contributed by atoms with Crippen molar-refractivity contribution in [3.63, 3.8) is 0 Å². The average Bonchev–Trinajstić information content (AvgIpc) is 2.71. The number of hydrogen-bond acceptors (Lipinski definition) is 5. The highest BCUT2D eigenvalue weighted by molar-refractivity contribution is 5.85. The van der Waals surface area contributed by atoms with Gasteiger partial charge in [-0.1, -0.05) is 24.6 Å². The van der Waals surface area contributed by atoms with Crippen molar-refractivity contribution in [3.8, 4) is 17.0 Å². The molecule has 0 radical (unpaired) electrons. The van der Waals surface area contributed by atoms with Gasteiger partial charge >= 0.3 is 5.97 Å². The number of carbonyl (C=O) groups is 1. The molecule has 0 aliphatic carbocycles. The Hall–Kier alpha value is -3.45. The lowest BCUT2D eigenvalue weighted by Gasteiger charge is -2.11. The van der Waals surface area contributed by atoms with Crippen molar-refractivity contribution in [1.29, 1.82) is 5.41 Å². The molecule has 6 N–H and O–H groups in total. The summed E-state index contributed by atoms with van der Waals surface area (Å²) in [4.78, 5) is 27.2. The molecule has 1 aromatic heterocycles. The molecule has 0 amide bonds. The Kier molecular flexibility index (Phi) is 6.41. The van der Waals surface area contributed by atoms with E-state index in [9.17, 15) is 9.59 Å². The summed E-state index contributed by atoms with van der Waals surface area (Å²) in [5.41, 5.74) is 12.5. The molecule has 150 valence electrons. The first-order valence-electron chi connectivity index (χ1n) is 9.47. The van der Waals surface area contributed by atoms with Crippen LogP contribution in [0.15, 0.2) is 59.4 Å². The zero-order chi connectivity index (χ0) is 20.8. The van der Waals surface area contributed by atoms with Crippen molar-refractivity contribution in [2.75, 3.05) is 0 Å². The van der Waals surface area contributed by atoms with Crippen LogP contribution >= 0.6 is 0 Å². The normalized spacial score (nSPS) is 11.9. The summed E-state index contributed by atoms with van der Waals surface area (Å²) in [6.07, 6.45) is 2.39. The van der Waals surface area contributed by atoms with Gasteiger partial charge in [-0.05, 0) is 60.2 Å². The van der Waals surface area contributed by atoms with Gasteiger partial charge in [0.25, 0.3) is 5.56 Å². The Morgan fingerprint density at radius 3 is 2.55 bits per heavy atom. The van der Waals surface area contributed by atoms with E-state index >= 15 is 0 Å². The number of nitrogens with one attached hydrogen (secondary N) is 2. The van der Waals surface area contributed by atoms with Crippen LogP contribution in [-0.4, -0.2) is 22.8 Å². The van der Waals surface area contributed by atoms with Crippen LogP contribution in [0.1, 0.15) is 25.7 Å². The second-order valence-electron chi connectivity index (χ2n) is 6.92. The van der Waals surface area contributed by atoms with Crippen molar-refractivity contribution in [2.45, 2.75) is 31.7 Å². The fraction of sp³-hybridized carbons (Fsp3) is 0.227. The number of esters is 1. The zero-order valence-corrected chi connectivity index (χ0v) is 16.0. The van der Waals surface area contributed by atoms with Crippen LogP contribution in [0.2, 0.25) is 0 Å². The number of ether oxygens (including phenoxy) is 1. The monoisotopic (exact) mass is 392 g/mol. The van der Waals surface area contributed by atoms with Crippen molar-refractivity contribution in [3.05, 3.63) is 65.0 Å². The molecule has 3 aromatic rings. The van der Waals surface area contributed by atoms with Gasteiger partial charge in [-0.3, -0.25) is 10.2 Å². The largest absolute Gasteiger partial charge is 0.425 e. The van der Waals surface area contributed by atoms with Crippen LogP contribution in [0.5, 0.6) is 5.75 Å². The molecule has 1 heterocycles. The number of hydrogen-bond donors (Lipinski definition) is 4. The number of pyridine rings is 1. The van der Waals surface area contributed by atoms with E-state index in [0.717, 1.165) is 17.4 Å². The van der Waals surface area contributed by atoms with Crippen molar-refractivity contribution in [1.82, 2.24) is 4.98 Å². The summed E-state index contributed by atoms with van der Waals surface area (Å²) in [5.74, 6) is 0.0229. The summed E-state index contributed by atoms with van der Waals surface area (Å²) in [6, 6.07) is 15.5. The molecular weight excluding hydrogens is 368 g/mol. The molecule has 0 spiro atoms. The molecule has 0 aliphatic heterocycles. The maximum Gasteiger partial charge on any atom is 0.328 e. The SMILES string of the molecule is N=C(N)CCCC[C@H](N)C(=O)Oc1ccc(-c2cc3ccccc3c(=O)[nH]2)cc1. The number of carbonyl (C=O) groups excluding carboxylic acids is 1. The molecule has 29 heavy (non-hydrogen) atoms. The number of H-pyrrole nitrogens is 1. The van der Waals surface area contributed by atoms with Crippen molar-refractivity contribution < 1.29 is 9.53 Å². The molecule has 7 nitrogen and oxygen atoms in total. The van der Waals surface area contributed by atoms with E-state index in [2.05, 4.69) is 4.98 Å². The summed E-state index contributed by atoms with van der Waals surface area (Å²) in [7, 11) is 0. The Balaban J connectivity index is 1.64. The van der Waals surface area contributed by atoms with Crippen LogP contribution < -0.4 is 21.8 Å². The van der Waals surface area contributed by atoms with Gasteiger partial charge < -0.3 is 21.2 Å². The predicted octanol–water partition coefficient (Wildman–Crippen LogP) is 2.92. The topological polar surface area (TPSA) is 135 Å². The highest BCUT2D eigenvalue weighted by atomic mass is 16.5. The predicted molar refractivity (Wildman–Crippen MR) is 114 cm³/mol. The Labute approximate surface area is 168 Å². The summed E-state index contributed by atoms with van der Waals surface area (Å²) >= 11 is 0. The zero-order valence-electron chi connectivity index (χ0n) is 16.0. The molecule has 2 aromatic carbocycles. The molecule has 0 bridgehead atoms. The van der Waals surface area contributed by atoms with E-state index in [-0.39, 0.29) is 11.4 Å². The minimum atomic E-state index is -0.724. The second kappa shape index (κ2) is 9.16. The number of aromatic nitrogens is 1. The fourth-order valence-electron chi connectivity index (χ4n) is 3.06. The number of nitrogens with two attached hydrogens (primary N) is 2. The molecule has 1 atom stereocenters. The standard InChI is InChI=1S/C22H24N4O3/c23-18(7-3-4-8-20(24)25)22(28)29-16-11-9-14(10-12-16)19-13-15-5-1-2-6-17(15)21(27)26-19/h1-2,5-6,9-13,18H,3-4,7-8,23H2,(H3,24,25)(H,26,27)/t18-/m0/s1. The maximum absolute atomic E-state index is 12.2. The van der Waals surface area contributed by atoms with Crippen LogP contribution in [0.3, 0.4) is 0 Å². The van der Waals surface area contributed by atoms with Gasteiger partial charge in [-0.2, -0.15) is 0 Å². The third-order valence-electron chi connectivity index (χ3n) is 4.65. The number of rotatable bonds is 8. The molecule has 3 rings (SSSR count). The number of aromatic amines is 1. The van der Waals surface area contributed by atoms with Gasteiger partial charge in [0.1, 0.15) is 11.8 Å². The first-order chi connectivity index (χ1) is 13.9. The minimum Gasteiger partial charge on any atom is -0.425 e. The molecule has 0 aliphatic rings. The van der Waals surface area contributed by atoms with Gasteiger partial charge in [-0.15, -0.1) is 0 Å². The van der Waals surface area contributed by atoms with Crippen LogP contribution in [-0.2, 0) is 4.79 Å². The lowest BCUT2D eigenvalue weighted by Crippen LogP contribution is -2.34. The summed E-state index contributed by atoms with van der Waals surface area (Å²) in [6.45, 7) is 0. The first-order valence-corrected chi connectivity index (χ1v) is 9.47. The van der Waals surface area contributed by atoms with E-state index < -0.39 is 12.0 Å². The third-order valence-corrected chi connectivity index (χ3v) is 4.65. The second-order valence-corrected chi connectivity index (χ2v) is 6.92. The van der Waals surface area contributed by atoms with Crippen LogP contribution in [0, 0.1) is 5.41 Å². The van der Waals surface area contributed by atoms with Crippen LogP contribution in [0.25, 0.3) is 22.0 Å². The Morgan fingerprint density at radius 2 is 1.83 bits per heavy atom. The first kappa shape index (κ1) is 20.3. The van der Waals surface area contributed by atoms with Crippen molar-refractivity contribution in [2.24, 2.45) is 11.5 Å². The smallest absolute Gasteiger partial charge is 0.328 e. The van der Waals surface area contributed by atoms with E-state index in [0.29, 0.717) is 36.1 Å². The Morgan fingerprint density at radius 1 is 1.10 bits per heavy atom. The highest BCUT2D eigenvalue weighted by Gasteiger charge is 2.15. The van der Waals surface area contributed by atoms with Gasteiger partial charge in [0.15, 0.2) is 0 Å². The number of fused-ring (bicyclic) bond motifs is 1. The maximum atomic E-state index is 12.2. The lowest BCUT2D eigenvalue weighted by atomic mass is 10.1. The molecule has 0 unspecified atom stereocenters. The van der Waals surface area contributed by atoms with Gasteiger partial charge in [0, 0.05) is 17.5 Å². The fourth-order valence-corrected chi connectivity index (χ4v) is 3.06. The quantitative estimate of drug-likeness (QED) is 0.154. The molecule has 0 fully saturated rings. The molecule has 0 saturated heterocycles.